The second kappa shape index (κ2) is 4.75. The number of nitrogens with zero attached hydrogens (tertiary/aromatic N) is 1. The van der Waals surface area contributed by atoms with E-state index >= 15 is 0 Å². The molecule has 1 aliphatic heterocycles. The molecule has 4 heteroatoms. The van der Waals surface area contributed by atoms with Gasteiger partial charge in [-0.15, -0.1) is 0 Å². The number of anilines is 1. The Balaban J connectivity index is 2.18. The van der Waals surface area contributed by atoms with Crippen molar-refractivity contribution in [2.45, 2.75) is 19.4 Å². The van der Waals surface area contributed by atoms with Gasteiger partial charge in [-0.05, 0) is 19.1 Å². The van der Waals surface area contributed by atoms with Crippen molar-refractivity contribution in [3.63, 3.8) is 0 Å². The van der Waals surface area contributed by atoms with Crippen LogP contribution in [0.25, 0.3) is 0 Å². The van der Waals surface area contributed by atoms with Gasteiger partial charge in [0.2, 0.25) is 0 Å². The average molecular weight is 218 g/mol. The summed E-state index contributed by atoms with van der Waals surface area (Å²) in [7, 11) is 0. The van der Waals surface area contributed by atoms with E-state index in [-0.39, 0.29) is 6.04 Å². The van der Waals surface area contributed by atoms with Crippen LogP contribution < -0.4 is 14.8 Å². The summed E-state index contributed by atoms with van der Waals surface area (Å²) in [5.41, 5.74) is 0.873. The first kappa shape index (κ1) is 10.6. The van der Waals surface area contributed by atoms with E-state index in [0.717, 1.165) is 23.6 Å². The van der Waals surface area contributed by atoms with Gasteiger partial charge in [0, 0.05) is 18.2 Å². The second-order valence-electron chi connectivity index (χ2n) is 3.71. The van der Waals surface area contributed by atoms with Crippen molar-refractivity contribution in [2.24, 2.45) is 0 Å². The van der Waals surface area contributed by atoms with Crippen LogP contribution in [0.15, 0.2) is 18.2 Å². The fourth-order valence-electron chi connectivity index (χ4n) is 1.54. The average Bonchev–Trinajstić information content (AvgIpc) is 2.53. The lowest BCUT2D eigenvalue weighted by Gasteiger charge is -2.11. The molecule has 0 fully saturated rings. The maximum absolute atomic E-state index is 8.71. The predicted molar refractivity (Wildman–Crippen MR) is 60.7 cm³/mol. The van der Waals surface area contributed by atoms with Crippen LogP contribution in [0.1, 0.15) is 13.3 Å². The van der Waals surface area contributed by atoms with Crippen LogP contribution in [0.3, 0.4) is 0 Å². The highest BCUT2D eigenvalue weighted by Crippen LogP contribution is 2.32. The van der Waals surface area contributed by atoms with Gasteiger partial charge in [0.05, 0.1) is 19.3 Å². The number of nitriles is 1. The van der Waals surface area contributed by atoms with E-state index < -0.39 is 0 Å². The predicted octanol–water partition coefficient (Wildman–Crippen LogP) is 2.17. The molecule has 1 unspecified atom stereocenters. The van der Waals surface area contributed by atoms with Gasteiger partial charge in [-0.1, -0.05) is 0 Å². The van der Waals surface area contributed by atoms with Crippen LogP contribution >= 0.6 is 0 Å². The van der Waals surface area contributed by atoms with E-state index in [0.29, 0.717) is 13.2 Å². The molecule has 2 rings (SSSR count). The molecule has 0 saturated carbocycles. The molecule has 1 aromatic carbocycles. The lowest BCUT2D eigenvalue weighted by Crippen LogP contribution is -2.11. The maximum atomic E-state index is 8.71. The minimum atomic E-state index is -0.218. The van der Waals surface area contributed by atoms with Crippen LogP contribution in [0.5, 0.6) is 11.5 Å². The first-order chi connectivity index (χ1) is 7.79. The van der Waals surface area contributed by atoms with Gasteiger partial charge in [-0.2, -0.15) is 5.26 Å². The van der Waals surface area contributed by atoms with Crippen molar-refractivity contribution < 1.29 is 9.47 Å². The van der Waals surface area contributed by atoms with Crippen molar-refractivity contribution in [2.75, 3.05) is 18.5 Å². The fourth-order valence-corrected chi connectivity index (χ4v) is 1.54. The number of ether oxygens (including phenoxy) is 2. The summed E-state index contributed by atoms with van der Waals surface area (Å²) in [5, 5.41) is 11.8. The quantitative estimate of drug-likeness (QED) is 0.826. The first-order valence-corrected chi connectivity index (χ1v) is 5.35. The summed E-state index contributed by atoms with van der Waals surface area (Å²) in [6, 6.07) is 7.53. The zero-order valence-corrected chi connectivity index (χ0v) is 9.19. The summed E-state index contributed by atoms with van der Waals surface area (Å²) in [4.78, 5) is 0. The normalized spacial score (nSPS) is 15.8. The molecule has 0 amide bonds. The molecule has 1 atom stereocenters. The highest BCUT2D eigenvalue weighted by Gasteiger charge is 2.11. The number of rotatable bonds is 2. The highest BCUT2D eigenvalue weighted by molar-refractivity contribution is 5.55. The Morgan fingerprint density at radius 1 is 1.31 bits per heavy atom. The molecular formula is C12H14N2O2. The van der Waals surface area contributed by atoms with Gasteiger partial charge in [-0.25, -0.2) is 0 Å². The van der Waals surface area contributed by atoms with Crippen LogP contribution in [-0.2, 0) is 0 Å². The van der Waals surface area contributed by atoms with Crippen LogP contribution in [-0.4, -0.2) is 19.3 Å². The summed E-state index contributed by atoms with van der Waals surface area (Å²) in [6.07, 6.45) is 0.895. The Bertz CT molecular complexity index is 412. The van der Waals surface area contributed by atoms with E-state index in [2.05, 4.69) is 11.4 Å². The SMILES string of the molecule is CC(C#N)Nc1ccc2c(c1)OCCCO2. The first-order valence-electron chi connectivity index (χ1n) is 5.35. The Morgan fingerprint density at radius 3 is 2.81 bits per heavy atom. The van der Waals surface area contributed by atoms with E-state index in [4.69, 9.17) is 14.7 Å². The summed E-state index contributed by atoms with van der Waals surface area (Å²) >= 11 is 0. The van der Waals surface area contributed by atoms with Crippen molar-refractivity contribution in [3.8, 4) is 17.6 Å². The third kappa shape index (κ3) is 2.37. The Morgan fingerprint density at radius 2 is 2.06 bits per heavy atom. The molecule has 4 nitrogen and oxygen atoms in total. The van der Waals surface area contributed by atoms with Gasteiger partial charge >= 0.3 is 0 Å². The maximum Gasteiger partial charge on any atom is 0.163 e. The Hall–Kier alpha value is -1.89. The number of hydrogen-bond donors (Lipinski definition) is 1. The molecule has 1 aliphatic rings. The van der Waals surface area contributed by atoms with Crippen molar-refractivity contribution in [1.29, 1.82) is 5.26 Å². The van der Waals surface area contributed by atoms with Crippen molar-refractivity contribution >= 4 is 5.69 Å². The number of nitrogens with one attached hydrogen (secondary N) is 1. The molecule has 1 N–H and O–H groups in total. The number of benzene rings is 1. The van der Waals surface area contributed by atoms with Gasteiger partial charge in [0.25, 0.3) is 0 Å². The highest BCUT2D eigenvalue weighted by atomic mass is 16.5. The Kier molecular flexibility index (Phi) is 3.16. The van der Waals surface area contributed by atoms with E-state index in [1.54, 1.807) is 0 Å². The third-order valence-electron chi connectivity index (χ3n) is 2.32. The topological polar surface area (TPSA) is 54.3 Å². The Labute approximate surface area is 94.8 Å². The van der Waals surface area contributed by atoms with E-state index in [1.807, 2.05) is 25.1 Å². The molecule has 0 radical (unpaired) electrons. The zero-order valence-electron chi connectivity index (χ0n) is 9.19. The minimum Gasteiger partial charge on any atom is -0.490 e. The molecule has 84 valence electrons. The van der Waals surface area contributed by atoms with Crippen LogP contribution in [0, 0.1) is 11.3 Å². The summed E-state index contributed by atoms with van der Waals surface area (Å²) in [5.74, 6) is 1.51. The minimum absolute atomic E-state index is 0.218. The zero-order chi connectivity index (χ0) is 11.4. The summed E-state index contributed by atoms with van der Waals surface area (Å²) in [6.45, 7) is 3.17. The van der Waals surface area contributed by atoms with Gasteiger partial charge in [0.15, 0.2) is 11.5 Å². The molecule has 1 heterocycles. The van der Waals surface area contributed by atoms with Crippen molar-refractivity contribution in [1.82, 2.24) is 0 Å². The van der Waals surface area contributed by atoms with Gasteiger partial charge in [-0.3, -0.25) is 0 Å². The third-order valence-corrected chi connectivity index (χ3v) is 2.32. The number of fused-ring (bicyclic) bond motifs is 1. The largest absolute Gasteiger partial charge is 0.490 e. The van der Waals surface area contributed by atoms with Crippen LogP contribution in [0.4, 0.5) is 5.69 Å². The van der Waals surface area contributed by atoms with E-state index in [1.165, 1.54) is 0 Å². The smallest absolute Gasteiger partial charge is 0.163 e. The molecule has 0 bridgehead atoms. The lowest BCUT2D eigenvalue weighted by atomic mass is 10.2. The monoisotopic (exact) mass is 218 g/mol. The number of hydrogen-bond acceptors (Lipinski definition) is 4. The van der Waals surface area contributed by atoms with E-state index in [9.17, 15) is 0 Å². The van der Waals surface area contributed by atoms with Gasteiger partial charge in [0.1, 0.15) is 6.04 Å². The second-order valence-corrected chi connectivity index (χ2v) is 3.71. The lowest BCUT2D eigenvalue weighted by molar-refractivity contribution is 0.297. The molecule has 1 aromatic rings. The molecule has 0 spiro atoms. The molecule has 0 saturated heterocycles. The van der Waals surface area contributed by atoms with Crippen LogP contribution in [0.2, 0.25) is 0 Å². The fraction of sp³-hybridized carbons (Fsp3) is 0.417. The molecule has 16 heavy (non-hydrogen) atoms. The van der Waals surface area contributed by atoms with Gasteiger partial charge < -0.3 is 14.8 Å². The molecule has 0 aromatic heterocycles. The van der Waals surface area contributed by atoms with Crippen molar-refractivity contribution in [3.05, 3.63) is 18.2 Å². The summed E-state index contributed by atoms with van der Waals surface area (Å²) < 4.78 is 11.1. The molecular weight excluding hydrogens is 204 g/mol. The molecule has 0 aliphatic carbocycles. The standard InChI is InChI=1S/C12H14N2O2/c1-9(8-13)14-10-3-4-11-12(7-10)16-6-2-5-15-11/h3-4,7,9,14H,2,5-6H2,1H3.